The first-order valence-electron chi connectivity index (χ1n) is 11.8. The Kier molecular flexibility index (Phi) is 6.12. The number of para-hydroxylation sites is 2. The van der Waals surface area contributed by atoms with Crippen LogP contribution in [0.5, 0.6) is 0 Å². The van der Waals surface area contributed by atoms with Gasteiger partial charge in [0.2, 0.25) is 0 Å². The Morgan fingerprint density at radius 3 is 2.66 bits per heavy atom. The first-order chi connectivity index (χ1) is 15.7. The number of nitrogens with zero attached hydrogens (tertiary/aromatic N) is 3. The van der Waals surface area contributed by atoms with Crippen molar-refractivity contribution >= 4 is 17.1 Å². The Labute approximate surface area is 189 Å². The molecule has 2 aliphatic heterocycles. The van der Waals surface area contributed by atoms with Gasteiger partial charge in [-0.2, -0.15) is 0 Å². The normalized spacial score (nSPS) is 20.5. The molecular weight excluding hydrogens is 400 g/mol. The number of urea groups is 1. The van der Waals surface area contributed by atoms with E-state index in [2.05, 4.69) is 46.4 Å². The lowest BCUT2D eigenvalue weighted by atomic mass is 9.98. The fraction of sp³-hybridized carbons (Fsp3) is 0.462. The van der Waals surface area contributed by atoms with E-state index in [1.54, 1.807) is 0 Å². The fourth-order valence-corrected chi connectivity index (χ4v) is 4.96. The van der Waals surface area contributed by atoms with E-state index >= 15 is 0 Å². The molecule has 1 atom stereocenters. The highest BCUT2D eigenvalue weighted by atomic mass is 16.3. The van der Waals surface area contributed by atoms with E-state index < -0.39 is 0 Å². The molecular formula is C26H32N4O2. The van der Waals surface area contributed by atoms with Gasteiger partial charge in [0.05, 0.1) is 5.92 Å². The maximum Gasteiger partial charge on any atom is 0.317 e. The van der Waals surface area contributed by atoms with Crippen LogP contribution < -0.4 is 5.32 Å². The van der Waals surface area contributed by atoms with E-state index in [0.29, 0.717) is 6.54 Å². The number of nitrogens with one attached hydrogen (secondary N) is 1. The second-order valence-electron chi connectivity index (χ2n) is 9.23. The molecule has 6 heteroatoms. The van der Waals surface area contributed by atoms with Crippen molar-refractivity contribution in [2.24, 2.45) is 0 Å². The molecule has 0 bridgehead atoms. The molecule has 32 heavy (non-hydrogen) atoms. The number of hydrogen-bond acceptors (Lipinski definition) is 4. The zero-order chi connectivity index (χ0) is 21.9. The quantitative estimate of drug-likeness (QED) is 0.650. The van der Waals surface area contributed by atoms with E-state index in [1.807, 2.05) is 29.2 Å². The summed E-state index contributed by atoms with van der Waals surface area (Å²) in [6.07, 6.45) is 3.99. The number of aryl methyl sites for hydroxylation is 1. The molecule has 6 nitrogen and oxygen atoms in total. The second kappa shape index (κ2) is 9.33. The zero-order valence-electron chi connectivity index (χ0n) is 18.8. The number of hydrogen-bond donors (Lipinski definition) is 1. The summed E-state index contributed by atoms with van der Waals surface area (Å²) in [4.78, 5) is 22.1. The summed E-state index contributed by atoms with van der Waals surface area (Å²) >= 11 is 0. The van der Waals surface area contributed by atoms with Crippen molar-refractivity contribution in [2.45, 2.75) is 51.1 Å². The molecule has 0 radical (unpaired) electrons. The van der Waals surface area contributed by atoms with Crippen LogP contribution in [0, 0.1) is 6.92 Å². The van der Waals surface area contributed by atoms with Crippen LogP contribution in [-0.2, 0) is 6.54 Å². The zero-order valence-corrected chi connectivity index (χ0v) is 18.8. The largest absolute Gasteiger partial charge is 0.440 e. The molecule has 0 spiro atoms. The number of carbonyl (C=O) groups excluding carboxylic acids is 1. The van der Waals surface area contributed by atoms with Gasteiger partial charge in [0, 0.05) is 38.8 Å². The standard InChI is InChI=1S/C26H32N4O2/c1-19-7-2-3-8-20(19)17-29-15-12-22(13-16-29)27-26(31)30-14-6-9-21(18-30)25-28-23-10-4-5-11-24(23)32-25/h2-5,7-8,10-11,21-22H,6,9,12-18H2,1H3,(H,27,31). The summed E-state index contributed by atoms with van der Waals surface area (Å²) in [6.45, 7) is 6.68. The van der Waals surface area contributed by atoms with Crippen LogP contribution in [0.1, 0.15) is 48.6 Å². The van der Waals surface area contributed by atoms with Crippen molar-refractivity contribution in [1.29, 1.82) is 0 Å². The predicted octanol–water partition coefficient (Wildman–Crippen LogP) is 4.69. The molecule has 0 saturated carbocycles. The predicted molar refractivity (Wildman–Crippen MR) is 126 cm³/mol. The average molecular weight is 433 g/mol. The number of amides is 2. The van der Waals surface area contributed by atoms with Gasteiger partial charge in [-0.3, -0.25) is 4.90 Å². The van der Waals surface area contributed by atoms with Crippen LogP contribution in [0.25, 0.3) is 11.1 Å². The molecule has 1 N–H and O–H groups in total. The summed E-state index contributed by atoms with van der Waals surface area (Å²) in [5.74, 6) is 0.922. The molecule has 168 valence electrons. The Morgan fingerprint density at radius 2 is 1.84 bits per heavy atom. The summed E-state index contributed by atoms with van der Waals surface area (Å²) in [7, 11) is 0. The first kappa shape index (κ1) is 21.0. The third-order valence-electron chi connectivity index (χ3n) is 6.94. The maximum atomic E-state index is 13.0. The molecule has 2 saturated heterocycles. The topological polar surface area (TPSA) is 61.6 Å². The lowest BCUT2D eigenvalue weighted by molar-refractivity contribution is 0.155. The van der Waals surface area contributed by atoms with Gasteiger partial charge in [0.15, 0.2) is 11.5 Å². The molecule has 2 aliphatic rings. The highest BCUT2D eigenvalue weighted by Crippen LogP contribution is 2.29. The van der Waals surface area contributed by atoms with Crippen LogP contribution >= 0.6 is 0 Å². The van der Waals surface area contributed by atoms with Gasteiger partial charge in [-0.05, 0) is 55.9 Å². The number of likely N-dealkylation sites (tertiary alicyclic amines) is 2. The molecule has 1 unspecified atom stereocenters. The Morgan fingerprint density at radius 1 is 1.06 bits per heavy atom. The van der Waals surface area contributed by atoms with Crippen molar-refractivity contribution in [2.75, 3.05) is 26.2 Å². The summed E-state index contributed by atoms with van der Waals surface area (Å²) in [6, 6.07) is 16.8. The molecule has 1 aromatic heterocycles. The summed E-state index contributed by atoms with van der Waals surface area (Å²) < 4.78 is 5.98. The van der Waals surface area contributed by atoms with Crippen LogP contribution in [0.2, 0.25) is 0 Å². The molecule has 3 aromatic rings. The number of benzene rings is 2. The van der Waals surface area contributed by atoms with Gasteiger partial charge in [-0.15, -0.1) is 0 Å². The van der Waals surface area contributed by atoms with Gasteiger partial charge in [0.1, 0.15) is 5.52 Å². The van der Waals surface area contributed by atoms with Crippen LogP contribution in [0.4, 0.5) is 4.79 Å². The van der Waals surface area contributed by atoms with Crippen molar-refractivity contribution in [3.8, 4) is 0 Å². The fourth-order valence-electron chi connectivity index (χ4n) is 4.96. The van der Waals surface area contributed by atoms with E-state index in [9.17, 15) is 4.79 Å². The second-order valence-corrected chi connectivity index (χ2v) is 9.23. The first-order valence-corrected chi connectivity index (χ1v) is 11.8. The molecule has 5 rings (SSSR count). The van der Waals surface area contributed by atoms with Gasteiger partial charge in [-0.1, -0.05) is 36.4 Å². The minimum absolute atomic E-state index is 0.0585. The minimum Gasteiger partial charge on any atom is -0.440 e. The van der Waals surface area contributed by atoms with Gasteiger partial charge < -0.3 is 14.6 Å². The third kappa shape index (κ3) is 4.65. The summed E-state index contributed by atoms with van der Waals surface area (Å²) in [5, 5.41) is 3.29. The number of oxazole rings is 1. The van der Waals surface area contributed by atoms with E-state index in [1.165, 1.54) is 11.1 Å². The van der Waals surface area contributed by atoms with Crippen molar-refractivity contribution in [3.63, 3.8) is 0 Å². The van der Waals surface area contributed by atoms with Gasteiger partial charge in [-0.25, -0.2) is 9.78 Å². The van der Waals surface area contributed by atoms with Gasteiger partial charge in [0.25, 0.3) is 0 Å². The number of rotatable bonds is 4. The molecule has 2 amide bonds. The molecule has 0 aliphatic carbocycles. The Bertz CT molecular complexity index is 1040. The number of carbonyl (C=O) groups is 1. The molecule has 3 heterocycles. The van der Waals surface area contributed by atoms with Crippen LogP contribution in [0.15, 0.2) is 52.9 Å². The lowest BCUT2D eigenvalue weighted by Gasteiger charge is -2.36. The van der Waals surface area contributed by atoms with Crippen LogP contribution in [-0.4, -0.2) is 53.0 Å². The highest BCUT2D eigenvalue weighted by Gasteiger charge is 2.30. The third-order valence-corrected chi connectivity index (χ3v) is 6.94. The van der Waals surface area contributed by atoms with Gasteiger partial charge >= 0.3 is 6.03 Å². The number of piperidine rings is 2. The molecule has 2 fully saturated rings. The van der Waals surface area contributed by atoms with Crippen molar-refractivity contribution in [1.82, 2.24) is 20.1 Å². The highest BCUT2D eigenvalue weighted by molar-refractivity contribution is 5.75. The summed E-state index contributed by atoms with van der Waals surface area (Å²) in [5.41, 5.74) is 4.46. The van der Waals surface area contributed by atoms with E-state index in [-0.39, 0.29) is 18.0 Å². The van der Waals surface area contributed by atoms with E-state index in [4.69, 9.17) is 4.42 Å². The van der Waals surface area contributed by atoms with Crippen molar-refractivity contribution < 1.29 is 9.21 Å². The lowest BCUT2D eigenvalue weighted by Crippen LogP contribution is -2.51. The number of aromatic nitrogens is 1. The SMILES string of the molecule is Cc1ccccc1CN1CCC(NC(=O)N2CCCC(c3nc4ccccc4o3)C2)CC1. The van der Waals surface area contributed by atoms with E-state index in [0.717, 1.165) is 68.9 Å². The monoisotopic (exact) mass is 432 g/mol. The Hall–Kier alpha value is -2.86. The average Bonchev–Trinajstić information content (AvgIpc) is 3.26. The van der Waals surface area contributed by atoms with Crippen LogP contribution in [0.3, 0.4) is 0 Å². The Balaban J connectivity index is 1.13. The maximum absolute atomic E-state index is 13.0. The smallest absolute Gasteiger partial charge is 0.317 e. The number of fused-ring (bicyclic) bond motifs is 1. The molecule has 2 aromatic carbocycles. The minimum atomic E-state index is 0.0585. The van der Waals surface area contributed by atoms with Crippen molar-refractivity contribution in [3.05, 3.63) is 65.5 Å².